The molecule has 15 rings (SSSR count). The minimum atomic E-state index is -4.35. The number of aliphatic hydroxyl groups excluding tert-OH is 3. The zero-order chi connectivity index (χ0) is 103. The van der Waals surface area contributed by atoms with Crippen LogP contribution < -0.4 is 0 Å². The van der Waals surface area contributed by atoms with Crippen molar-refractivity contribution in [1.82, 2.24) is 35.1 Å². The van der Waals surface area contributed by atoms with E-state index in [2.05, 4.69) is 204 Å². The Kier molecular flexibility index (Phi) is 45.3. The van der Waals surface area contributed by atoms with E-state index in [1.165, 1.54) is 72.4 Å². The van der Waals surface area contributed by atoms with Gasteiger partial charge in [-0.2, -0.15) is 23.4 Å². The number of fused-ring (bicyclic) bond motifs is 6. The average Bonchev–Trinajstić information content (AvgIpc) is 1.58. The first-order chi connectivity index (χ1) is 66.9. The Morgan fingerprint density at radius 1 is 0.458 bits per heavy atom. The topological polar surface area (TPSA) is 242 Å². The molecule has 0 atom stereocenters. The van der Waals surface area contributed by atoms with E-state index in [1.807, 2.05) is 139 Å². The van der Waals surface area contributed by atoms with Crippen LogP contribution in [0.25, 0.3) is 131 Å². The van der Waals surface area contributed by atoms with E-state index < -0.39 is 11.6 Å². The van der Waals surface area contributed by atoms with Crippen LogP contribution >= 0.6 is 22.7 Å². The number of ketones is 3. The Labute approximate surface area is 898 Å². The van der Waals surface area contributed by atoms with Gasteiger partial charge in [0.1, 0.15) is 17.5 Å². The molecule has 0 bridgehead atoms. The minimum absolute atomic E-state index is 0. The van der Waals surface area contributed by atoms with E-state index >= 15 is 0 Å². The second kappa shape index (κ2) is 54.0. The zero-order valence-corrected chi connectivity index (χ0v) is 97.2. The Morgan fingerprint density at radius 2 is 0.889 bits per heavy atom. The van der Waals surface area contributed by atoms with Crippen molar-refractivity contribution in [3.8, 4) is 67.5 Å². The molecule has 8 heterocycles. The largest absolute Gasteiger partial charge is 0.512 e. The van der Waals surface area contributed by atoms with Crippen molar-refractivity contribution >= 4 is 104 Å². The second-order valence-corrected chi connectivity index (χ2v) is 42.3. The van der Waals surface area contributed by atoms with E-state index in [0.717, 1.165) is 184 Å². The number of hydrogen-bond donors (Lipinski definition) is 3. The number of hydrogen-bond acceptors (Lipinski definition) is 18. The Balaban J connectivity index is 0.000000244. The number of carbonyl (C=O) groups is 3. The van der Waals surface area contributed by atoms with Crippen LogP contribution in [0, 0.1) is 79.9 Å². The fraction of sp³-hybridized carbons (Fsp3) is 0.417. The van der Waals surface area contributed by atoms with Crippen molar-refractivity contribution in [3.05, 3.63) is 257 Å². The summed E-state index contributed by atoms with van der Waals surface area (Å²) in [5.74, 6) is 3.04. The molecular weight excluding hydrogens is 2380 g/mol. The molecule has 0 aliphatic carbocycles. The SMILES string of the molecule is CC(C)(C)c1cc(-c2nccc3c(-c4ccc5oc(CC(C)(C)C(F)(F)F)nc5c4)csc23)[c-]c2ccccc12.CCC(CC)C(=O)C=C(O)C(CC)CC.CCC(CC)C(=O)C=C(O)C(CC)CC.CCC(CC)C(=O)C=C(O)C(CC)CC.Cc1ncc(-c2cnnc(-c3[c-]c4ccccc4c(C(C)(C)C)c3)c2)o1.Cc1sc2c(-c3[c-]c4ccccc4c(C(C)(C)C)c3)ncc(C)c2c1-c1cocn1.[Ir].[Ir].[Ir]. The maximum Gasteiger partial charge on any atom is 0.394 e. The molecule has 3 radical (unpaired) electrons. The monoisotopic (exact) mass is 2530 g/mol. The van der Waals surface area contributed by atoms with Crippen LogP contribution in [0.5, 0.6) is 0 Å². The molecule has 0 saturated heterocycles. The third-order valence-electron chi connectivity index (χ3n) is 26.7. The number of nitrogens with zero attached hydrogens (tertiary/aromatic N) is 7. The number of rotatable bonds is 29. The number of carbonyl (C=O) groups excluding carboxylic acids is 3. The smallest absolute Gasteiger partial charge is 0.394 e. The van der Waals surface area contributed by atoms with E-state index in [9.17, 15) is 42.9 Å². The molecule has 0 spiro atoms. The number of allylic oxidation sites excluding steroid dienone is 6. The summed E-state index contributed by atoms with van der Waals surface area (Å²) in [6, 6.07) is 52.1. The fourth-order valence-electron chi connectivity index (χ4n) is 17.7. The third-order valence-corrected chi connectivity index (χ3v) is 28.8. The van der Waals surface area contributed by atoms with Crippen LogP contribution in [-0.2, 0) is 97.4 Å². The number of halogens is 3. The Bertz CT molecular complexity index is 6750. The summed E-state index contributed by atoms with van der Waals surface area (Å²) in [6.45, 7) is 52.7. The number of aliphatic hydroxyl groups is 3. The summed E-state index contributed by atoms with van der Waals surface area (Å²) in [7, 11) is 0. The van der Waals surface area contributed by atoms with Crippen molar-refractivity contribution in [2.24, 2.45) is 40.9 Å². The van der Waals surface area contributed by atoms with Crippen molar-refractivity contribution in [2.75, 3.05) is 0 Å². The normalized spacial score (nSPS) is 12.2. The fourth-order valence-corrected chi connectivity index (χ4v) is 20.0. The van der Waals surface area contributed by atoms with E-state index in [-0.39, 0.29) is 159 Å². The van der Waals surface area contributed by atoms with Gasteiger partial charge in [0.15, 0.2) is 46.9 Å². The summed E-state index contributed by atoms with van der Waals surface area (Å²) < 4.78 is 59.0. The van der Waals surface area contributed by atoms with Crippen molar-refractivity contribution in [3.63, 3.8) is 0 Å². The van der Waals surface area contributed by atoms with Gasteiger partial charge < -0.3 is 28.6 Å². The molecular formula is C120H143F3Ir3N7O9S2-3. The average molecular weight is 2530 g/mol. The van der Waals surface area contributed by atoms with Gasteiger partial charge in [-0.1, -0.05) is 259 Å². The molecule has 0 fully saturated rings. The van der Waals surface area contributed by atoms with E-state index in [1.54, 1.807) is 47.4 Å². The van der Waals surface area contributed by atoms with Gasteiger partial charge in [0.2, 0.25) is 0 Å². The van der Waals surface area contributed by atoms with Gasteiger partial charge in [-0.15, -0.1) is 110 Å². The molecule has 0 aliphatic heterocycles. The second-order valence-electron chi connectivity index (χ2n) is 40.2. The Morgan fingerprint density at radius 3 is 1.30 bits per heavy atom. The van der Waals surface area contributed by atoms with Crippen molar-refractivity contribution in [1.29, 1.82) is 0 Å². The summed E-state index contributed by atoms with van der Waals surface area (Å²) in [5, 5.41) is 49.0. The molecule has 15 aromatic rings. The standard InChI is InChI=1S/C33H28F3N2OS.C26H23N2OS.C22H20N3O.3C13H24O2.3Ir/c1-31(2,3)25-15-21(14-19-8-6-7-9-22(19)25)29-30-23(12-13-37-29)24(18-40-30)20-10-11-27-26(16-20)38-28(39-27)17-32(4,5)33(34,35)36;1-15-12-27-24(25-22(15)23(16(2)30-25)21-13-29-14-28-21)18-10-17-8-6-7-9-19(17)20(11-18)26(3,4)5;1-14-23-13-21(26-14)17-11-20(25-24-12-17)16-9-15-7-5-6-8-18(15)19(10-16)22(2,3)4;3*1-5-10(6-2)12(14)9-13(15)11(7-3)8-4;;;/h6-13,15-16,18H,17H2,1-5H3;6-9,11-14H,1-5H3;5-8,10-13H,1-4H3;3*9-11,14H,5-8H2,1-4H3;;;/q3*-1;;;;;;. The first-order valence-corrected chi connectivity index (χ1v) is 51.6. The van der Waals surface area contributed by atoms with Crippen LogP contribution in [0.2, 0.25) is 0 Å². The van der Waals surface area contributed by atoms with Crippen molar-refractivity contribution < 1.29 is 116 Å². The van der Waals surface area contributed by atoms with Gasteiger partial charge >= 0.3 is 6.18 Å². The molecule has 144 heavy (non-hydrogen) atoms. The predicted octanol–water partition coefficient (Wildman–Crippen LogP) is 34.6. The zero-order valence-electron chi connectivity index (χ0n) is 88.3. The molecule has 16 nitrogen and oxygen atoms in total. The summed E-state index contributed by atoms with van der Waals surface area (Å²) in [6.07, 6.45) is 20.4. The van der Waals surface area contributed by atoms with E-state index in [4.69, 9.17) is 23.2 Å². The van der Waals surface area contributed by atoms with Crippen LogP contribution in [0.3, 0.4) is 0 Å². The third kappa shape index (κ3) is 30.1. The van der Waals surface area contributed by atoms with Gasteiger partial charge in [0.05, 0.1) is 35.1 Å². The van der Waals surface area contributed by atoms with Gasteiger partial charge in [0, 0.05) is 188 Å². The molecule has 8 aromatic heterocycles. The maximum atomic E-state index is 13.4. The predicted molar refractivity (Wildman–Crippen MR) is 576 cm³/mol. The summed E-state index contributed by atoms with van der Waals surface area (Å²) in [4.78, 5) is 59.0. The van der Waals surface area contributed by atoms with Crippen LogP contribution in [0.1, 0.15) is 275 Å². The molecule has 24 heteroatoms. The van der Waals surface area contributed by atoms with Gasteiger partial charge in [-0.25, -0.2) is 15.0 Å². The van der Waals surface area contributed by atoms with Gasteiger partial charge in [-0.05, 0) is 153 Å². The molecule has 0 amide bonds. The first-order valence-electron chi connectivity index (χ1n) is 49.9. The molecule has 7 aromatic carbocycles. The van der Waals surface area contributed by atoms with Gasteiger partial charge in [0.25, 0.3) is 0 Å². The molecule has 0 unspecified atom stereocenters. The van der Waals surface area contributed by atoms with Crippen molar-refractivity contribution in [2.45, 2.75) is 286 Å². The van der Waals surface area contributed by atoms with Crippen LogP contribution in [0.15, 0.2) is 213 Å². The van der Waals surface area contributed by atoms with Gasteiger partial charge in [-0.3, -0.25) is 24.4 Å². The molecule has 3 N–H and O–H groups in total. The number of pyridine rings is 2. The number of aromatic nitrogens is 7. The minimum Gasteiger partial charge on any atom is -0.512 e. The number of benzene rings is 7. The summed E-state index contributed by atoms with van der Waals surface area (Å²) in [5.41, 5.74) is 14.4. The molecule has 0 saturated carbocycles. The van der Waals surface area contributed by atoms with Crippen LogP contribution in [0.4, 0.5) is 13.2 Å². The number of aryl methyl sites for hydroxylation is 3. The first kappa shape index (κ1) is 121. The quantitative estimate of drug-likeness (QED) is 0.0224. The van der Waals surface area contributed by atoms with Crippen LogP contribution in [-0.4, -0.2) is 74.0 Å². The molecule has 775 valence electrons. The summed E-state index contributed by atoms with van der Waals surface area (Å²) >= 11 is 3.39. The number of oxazole rings is 3. The Hall–Kier alpha value is -10.1. The van der Waals surface area contributed by atoms with E-state index in [0.29, 0.717) is 22.8 Å². The number of thiophene rings is 2. The number of alkyl halides is 3. The molecule has 0 aliphatic rings. The maximum absolute atomic E-state index is 13.4.